The molecular weight excluding hydrogens is 196 g/mol. The fraction of sp³-hybridized carbons (Fsp3) is 1.00. The third-order valence-corrected chi connectivity index (χ3v) is 2.10. The minimum atomic E-state index is -0.164. The highest BCUT2D eigenvalue weighted by atomic mass is 16.5. The van der Waals surface area contributed by atoms with Crippen molar-refractivity contribution >= 4 is 0 Å². The highest BCUT2D eigenvalue weighted by molar-refractivity contribution is 4.58. The zero-order chi connectivity index (χ0) is 11.7. The van der Waals surface area contributed by atoms with Crippen molar-refractivity contribution in [3.8, 4) is 0 Å². The third-order valence-electron chi connectivity index (χ3n) is 2.10. The first-order chi connectivity index (χ1) is 7.13. The number of ether oxygens (including phenoxy) is 2. The topological polar surface area (TPSA) is 58.9 Å². The summed E-state index contributed by atoms with van der Waals surface area (Å²) in [6.45, 7) is 6.28. The Labute approximate surface area is 92.2 Å². The minimum absolute atomic E-state index is 0.0166. The van der Waals surface area contributed by atoms with Gasteiger partial charge in [-0.1, -0.05) is 13.3 Å². The first-order valence-electron chi connectivity index (χ1n) is 5.62. The molecule has 15 heavy (non-hydrogen) atoms. The lowest BCUT2D eigenvalue weighted by atomic mass is 10.2. The highest BCUT2D eigenvalue weighted by Crippen LogP contribution is 2.04. The van der Waals surface area contributed by atoms with Crippen molar-refractivity contribution < 1.29 is 19.7 Å². The van der Waals surface area contributed by atoms with E-state index >= 15 is 0 Å². The van der Waals surface area contributed by atoms with E-state index in [0.717, 1.165) is 12.8 Å². The Kier molecular flexibility index (Phi) is 9.00. The van der Waals surface area contributed by atoms with Gasteiger partial charge in [0.1, 0.15) is 0 Å². The summed E-state index contributed by atoms with van der Waals surface area (Å²) in [5.41, 5.74) is 0. The van der Waals surface area contributed by atoms with Crippen molar-refractivity contribution in [3.05, 3.63) is 0 Å². The van der Waals surface area contributed by atoms with Crippen molar-refractivity contribution in [2.45, 2.75) is 51.9 Å². The summed E-state index contributed by atoms with van der Waals surface area (Å²) in [7, 11) is 0. The molecule has 0 aromatic carbocycles. The van der Waals surface area contributed by atoms with E-state index in [9.17, 15) is 0 Å². The summed E-state index contributed by atoms with van der Waals surface area (Å²) in [5, 5.41) is 17.8. The third kappa shape index (κ3) is 7.73. The average molecular weight is 220 g/mol. The molecule has 0 aliphatic rings. The van der Waals surface area contributed by atoms with Crippen molar-refractivity contribution in [3.63, 3.8) is 0 Å². The molecule has 0 amide bonds. The predicted molar refractivity (Wildman–Crippen MR) is 58.8 cm³/mol. The maximum absolute atomic E-state index is 8.99. The number of aliphatic hydroxyl groups excluding tert-OH is 2. The lowest BCUT2D eigenvalue weighted by Crippen LogP contribution is -2.28. The summed E-state index contributed by atoms with van der Waals surface area (Å²) >= 11 is 0. The fourth-order valence-electron chi connectivity index (χ4n) is 1.30. The van der Waals surface area contributed by atoms with Gasteiger partial charge in [0.25, 0.3) is 0 Å². The Bertz CT molecular complexity index is 141. The van der Waals surface area contributed by atoms with Gasteiger partial charge in [0, 0.05) is 0 Å². The van der Waals surface area contributed by atoms with Crippen LogP contribution in [0.15, 0.2) is 0 Å². The van der Waals surface area contributed by atoms with Crippen LogP contribution in [0.25, 0.3) is 0 Å². The zero-order valence-electron chi connectivity index (χ0n) is 9.98. The molecule has 0 radical (unpaired) electrons. The molecule has 0 aliphatic carbocycles. The Balaban J connectivity index is 3.62. The first-order valence-corrected chi connectivity index (χ1v) is 5.62. The number of hydrogen-bond donors (Lipinski definition) is 2. The second kappa shape index (κ2) is 9.09. The summed E-state index contributed by atoms with van der Waals surface area (Å²) in [6.07, 6.45) is 1.54. The van der Waals surface area contributed by atoms with Crippen LogP contribution in [0.5, 0.6) is 0 Å². The van der Waals surface area contributed by atoms with E-state index in [-0.39, 0.29) is 31.5 Å². The Morgan fingerprint density at radius 2 is 1.73 bits per heavy atom. The van der Waals surface area contributed by atoms with Gasteiger partial charge in [-0.25, -0.2) is 0 Å². The zero-order valence-corrected chi connectivity index (χ0v) is 9.98. The van der Waals surface area contributed by atoms with Crippen LogP contribution in [-0.4, -0.2) is 48.3 Å². The van der Waals surface area contributed by atoms with Crippen LogP contribution in [0.1, 0.15) is 33.6 Å². The van der Waals surface area contributed by atoms with Gasteiger partial charge in [0.15, 0.2) is 0 Å². The molecule has 0 spiro atoms. The van der Waals surface area contributed by atoms with Gasteiger partial charge in [-0.3, -0.25) is 0 Å². The lowest BCUT2D eigenvalue weighted by molar-refractivity contribution is -0.0840. The molecule has 0 saturated carbocycles. The number of hydrogen-bond acceptors (Lipinski definition) is 4. The molecule has 0 aromatic heterocycles. The second-order valence-corrected chi connectivity index (χ2v) is 3.87. The van der Waals surface area contributed by atoms with E-state index in [1.807, 2.05) is 13.8 Å². The fourth-order valence-corrected chi connectivity index (χ4v) is 1.30. The standard InChI is InChI=1S/C11H24O4/c1-4-5-11(7-13)14-8-10(3)15-9(2)6-12/h9-13H,4-8H2,1-3H3. The lowest BCUT2D eigenvalue weighted by Gasteiger charge is -2.20. The molecule has 3 atom stereocenters. The Hall–Kier alpha value is -0.160. The predicted octanol–water partition coefficient (Wildman–Crippen LogP) is 0.950. The smallest absolute Gasteiger partial charge is 0.0807 e. The van der Waals surface area contributed by atoms with Gasteiger partial charge >= 0.3 is 0 Å². The van der Waals surface area contributed by atoms with E-state index in [0.29, 0.717) is 6.61 Å². The number of rotatable bonds is 9. The molecule has 3 unspecified atom stereocenters. The van der Waals surface area contributed by atoms with Gasteiger partial charge in [0.2, 0.25) is 0 Å². The maximum Gasteiger partial charge on any atom is 0.0807 e. The molecule has 0 rings (SSSR count). The van der Waals surface area contributed by atoms with Crippen LogP contribution in [0, 0.1) is 0 Å². The van der Waals surface area contributed by atoms with E-state index < -0.39 is 0 Å². The number of aliphatic hydroxyl groups is 2. The van der Waals surface area contributed by atoms with Crippen LogP contribution >= 0.6 is 0 Å². The Morgan fingerprint density at radius 3 is 2.20 bits per heavy atom. The molecule has 0 aliphatic heterocycles. The highest BCUT2D eigenvalue weighted by Gasteiger charge is 2.11. The largest absolute Gasteiger partial charge is 0.394 e. The molecule has 0 saturated heterocycles. The van der Waals surface area contributed by atoms with E-state index in [4.69, 9.17) is 19.7 Å². The first kappa shape index (κ1) is 14.8. The van der Waals surface area contributed by atoms with Crippen molar-refractivity contribution in [1.29, 1.82) is 0 Å². The summed E-state index contributed by atoms with van der Waals surface area (Å²) in [4.78, 5) is 0. The van der Waals surface area contributed by atoms with Crippen LogP contribution in [0.4, 0.5) is 0 Å². The van der Waals surface area contributed by atoms with Gasteiger partial charge < -0.3 is 19.7 Å². The molecule has 4 heteroatoms. The van der Waals surface area contributed by atoms with E-state index in [1.54, 1.807) is 0 Å². The monoisotopic (exact) mass is 220 g/mol. The molecule has 0 fully saturated rings. The van der Waals surface area contributed by atoms with Crippen molar-refractivity contribution in [2.24, 2.45) is 0 Å². The van der Waals surface area contributed by atoms with Gasteiger partial charge in [-0.2, -0.15) is 0 Å². The van der Waals surface area contributed by atoms with Gasteiger partial charge in [-0.15, -0.1) is 0 Å². The molecule has 0 bridgehead atoms. The molecule has 4 nitrogen and oxygen atoms in total. The van der Waals surface area contributed by atoms with Crippen LogP contribution in [-0.2, 0) is 9.47 Å². The molecule has 92 valence electrons. The summed E-state index contributed by atoms with van der Waals surface area (Å²) < 4.78 is 10.9. The molecule has 0 aromatic rings. The Morgan fingerprint density at radius 1 is 1.07 bits per heavy atom. The molecule has 0 heterocycles. The van der Waals surface area contributed by atoms with Crippen molar-refractivity contribution in [2.75, 3.05) is 19.8 Å². The van der Waals surface area contributed by atoms with E-state index in [1.165, 1.54) is 0 Å². The van der Waals surface area contributed by atoms with Crippen LogP contribution < -0.4 is 0 Å². The van der Waals surface area contributed by atoms with Crippen LogP contribution in [0.2, 0.25) is 0 Å². The normalized spacial score (nSPS) is 17.4. The SMILES string of the molecule is CCCC(CO)OCC(C)OC(C)CO. The van der Waals surface area contributed by atoms with Gasteiger partial charge in [0.05, 0.1) is 38.1 Å². The quantitative estimate of drug-likeness (QED) is 0.607. The van der Waals surface area contributed by atoms with Gasteiger partial charge in [-0.05, 0) is 20.3 Å². The molecular formula is C11H24O4. The van der Waals surface area contributed by atoms with Crippen molar-refractivity contribution in [1.82, 2.24) is 0 Å². The van der Waals surface area contributed by atoms with Crippen LogP contribution in [0.3, 0.4) is 0 Å². The average Bonchev–Trinajstić information content (AvgIpc) is 2.23. The second-order valence-electron chi connectivity index (χ2n) is 3.87. The summed E-state index contributed by atoms with van der Waals surface area (Å²) in [6, 6.07) is 0. The van der Waals surface area contributed by atoms with E-state index in [2.05, 4.69) is 6.92 Å². The molecule has 2 N–H and O–H groups in total. The summed E-state index contributed by atoms with van der Waals surface area (Å²) in [5.74, 6) is 0. The maximum atomic E-state index is 8.99. The minimum Gasteiger partial charge on any atom is -0.394 e.